The quantitative estimate of drug-likeness (QED) is 0.849. The summed E-state index contributed by atoms with van der Waals surface area (Å²) in [5, 5.41) is 9.03. The number of aromatic carboxylic acids is 1. The minimum atomic E-state index is -0.875. The standard InChI is InChI=1S/C11H14BrNO2S/c1-13(2)5-6-16-10-7-8(12)3-4-9(10)11(14)15/h3-4,7H,5-6H2,1-2H3,(H,14,15). The molecule has 0 aliphatic carbocycles. The van der Waals surface area contributed by atoms with Gasteiger partial charge in [0.05, 0.1) is 5.56 Å². The van der Waals surface area contributed by atoms with Gasteiger partial charge in [0.25, 0.3) is 0 Å². The molecule has 0 bridgehead atoms. The first-order valence-electron chi connectivity index (χ1n) is 4.81. The van der Waals surface area contributed by atoms with E-state index in [0.717, 1.165) is 21.7 Å². The topological polar surface area (TPSA) is 40.5 Å². The van der Waals surface area contributed by atoms with Crippen LogP contribution in [0.2, 0.25) is 0 Å². The third-order valence-corrected chi connectivity index (χ3v) is 3.50. The molecule has 1 rings (SSSR count). The molecule has 0 aliphatic rings. The molecule has 1 N–H and O–H groups in total. The van der Waals surface area contributed by atoms with Crippen molar-refractivity contribution in [1.82, 2.24) is 4.90 Å². The minimum Gasteiger partial charge on any atom is -0.478 e. The Hall–Kier alpha value is -0.520. The SMILES string of the molecule is CN(C)CCSc1cc(Br)ccc1C(=O)O. The van der Waals surface area contributed by atoms with Gasteiger partial charge in [-0.05, 0) is 32.3 Å². The van der Waals surface area contributed by atoms with Crippen LogP contribution in [0.3, 0.4) is 0 Å². The van der Waals surface area contributed by atoms with Gasteiger partial charge in [0.15, 0.2) is 0 Å². The summed E-state index contributed by atoms with van der Waals surface area (Å²) in [4.78, 5) is 13.9. The van der Waals surface area contributed by atoms with E-state index in [9.17, 15) is 4.79 Å². The van der Waals surface area contributed by atoms with E-state index in [1.165, 1.54) is 0 Å². The Morgan fingerprint density at radius 1 is 1.50 bits per heavy atom. The van der Waals surface area contributed by atoms with Gasteiger partial charge in [-0.2, -0.15) is 0 Å². The molecule has 3 nitrogen and oxygen atoms in total. The number of carbonyl (C=O) groups is 1. The van der Waals surface area contributed by atoms with Gasteiger partial charge in [-0.15, -0.1) is 11.8 Å². The molecule has 5 heteroatoms. The Morgan fingerprint density at radius 3 is 2.75 bits per heavy atom. The Morgan fingerprint density at radius 2 is 2.19 bits per heavy atom. The number of carboxylic acids is 1. The molecule has 0 amide bonds. The van der Waals surface area contributed by atoms with E-state index in [0.29, 0.717) is 5.56 Å². The number of carboxylic acid groups (broad SMARTS) is 1. The van der Waals surface area contributed by atoms with Crippen molar-refractivity contribution in [3.63, 3.8) is 0 Å². The van der Waals surface area contributed by atoms with Crippen molar-refractivity contribution in [3.8, 4) is 0 Å². The first-order valence-corrected chi connectivity index (χ1v) is 6.59. The fourth-order valence-corrected chi connectivity index (χ4v) is 2.84. The van der Waals surface area contributed by atoms with Crippen LogP contribution >= 0.6 is 27.7 Å². The summed E-state index contributed by atoms with van der Waals surface area (Å²) in [5.74, 6) is 0.00357. The van der Waals surface area contributed by atoms with Crippen LogP contribution in [0.4, 0.5) is 0 Å². The first-order chi connectivity index (χ1) is 7.50. The number of thioether (sulfide) groups is 1. The van der Waals surface area contributed by atoms with Crippen LogP contribution in [-0.2, 0) is 0 Å². The van der Waals surface area contributed by atoms with Crippen molar-refractivity contribution >= 4 is 33.7 Å². The highest BCUT2D eigenvalue weighted by Gasteiger charge is 2.10. The molecule has 0 heterocycles. The molecule has 1 aromatic rings. The van der Waals surface area contributed by atoms with Crippen molar-refractivity contribution in [2.45, 2.75) is 4.90 Å². The molecule has 88 valence electrons. The monoisotopic (exact) mass is 303 g/mol. The van der Waals surface area contributed by atoms with Crippen LogP contribution in [0.15, 0.2) is 27.6 Å². The van der Waals surface area contributed by atoms with Crippen LogP contribution < -0.4 is 0 Å². The molecule has 0 fully saturated rings. The highest BCUT2D eigenvalue weighted by atomic mass is 79.9. The van der Waals surface area contributed by atoms with Gasteiger partial charge in [0, 0.05) is 21.7 Å². The van der Waals surface area contributed by atoms with E-state index in [-0.39, 0.29) is 0 Å². The van der Waals surface area contributed by atoms with Gasteiger partial charge in [0.2, 0.25) is 0 Å². The lowest BCUT2D eigenvalue weighted by molar-refractivity contribution is 0.0693. The average molecular weight is 304 g/mol. The van der Waals surface area contributed by atoms with Crippen LogP contribution in [0.1, 0.15) is 10.4 Å². The summed E-state index contributed by atoms with van der Waals surface area (Å²) >= 11 is 4.91. The normalized spacial score (nSPS) is 10.8. The second kappa shape index (κ2) is 6.27. The number of benzene rings is 1. The number of hydrogen-bond donors (Lipinski definition) is 1. The van der Waals surface area contributed by atoms with Crippen molar-refractivity contribution in [2.24, 2.45) is 0 Å². The largest absolute Gasteiger partial charge is 0.478 e. The maximum atomic E-state index is 11.0. The summed E-state index contributed by atoms with van der Waals surface area (Å²) in [6, 6.07) is 5.23. The molecular formula is C11H14BrNO2S. The highest BCUT2D eigenvalue weighted by molar-refractivity contribution is 9.10. The van der Waals surface area contributed by atoms with Gasteiger partial charge >= 0.3 is 5.97 Å². The third kappa shape index (κ3) is 4.15. The third-order valence-electron chi connectivity index (χ3n) is 1.97. The Balaban J connectivity index is 2.76. The Labute approximate surface area is 108 Å². The fraction of sp³-hybridized carbons (Fsp3) is 0.364. The van der Waals surface area contributed by atoms with Crippen LogP contribution in [0.25, 0.3) is 0 Å². The van der Waals surface area contributed by atoms with Gasteiger partial charge in [-0.3, -0.25) is 0 Å². The molecule has 0 radical (unpaired) electrons. The zero-order chi connectivity index (χ0) is 12.1. The summed E-state index contributed by atoms with van der Waals surface area (Å²) in [7, 11) is 4.00. The maximum absolute atomic E-state index is 11.0. The molecule has 1 aromatic carbocycles. The molecule has 0 saturated heterocycles. The lowest BCUT2D eigenvalue weighted by Gasteiger charge is -2.10. The zero-order valence-electron chi connectivity index (χ0n) is 9.24. The van der Waals surface area contributed by atoms with E-state index < -0.39 is 5.97 Å². The van der Waals surface area contributed by atoms with Gasteiger partial charge in [-0.1, -0.05) is 15.9 Å². The summed E-state index contributed by atoms with van der Waals surface area (Å²) in [6.45, 7) is 0.927. The molecule has 0 aromatic heterocycles. The Bertz CT molecular complexity index is 382. The average Bonchev–Trinajstić information content (AvgIpc) is 2.16. The van der Waals surface area contributed by atoms with Crippen molar-refractivity contribution in [1.29, 1.82) is 0 Å². The van der Waals surface area contributed by atoms with Crippen molar-refractivity contribution in [2.75, 3.05) is 26.4 Å². The number of halogens is 1. The van der Waals surface area contributed by atoms with Crippen molar-refractivity contribution in [3.05, 3.63) is 28.2 Å². The van der Waals surface area contributed by atoms with Crippen LogP contribution in [-0.4, -0.2) is 42.4 Å². The molecule has 0 spiro atoms. The van der Waals surface area contributed by atoms with E-state index in [2.05, 4.69) is 20.8 Å². The number of nitrogens with zero attached hydrogens (tertiary/aromatic N) is 1. The zero-order valence-corrected chi connectivity index (χ0v) is 11.6. The van der Waals surface area contributed by atoms with E-state index >= 15 is 0 Å². The van der Waals surface area contributed by atoms with Crippen molar-refractivity contribution < 1.29 is 9.90 Å². The van der Waals surface area contributed by atoms with E-state index in [1.54, 1.807) is 23.9 Å². The van der Waals surface area contributed by atoms with Crippen LogP contribution in [0.5, 0.6) is 0 Å². The smallest absolute Gasteiger partial charge is 0.336 e. The fourth-order valence-electron chi connectivity index (χ4n) is 1.13. The predicted molar refractivity (Wildman–Crippen MR) is 70.4 cm³/mol. The van der Waals surface area contributed by atoms with E-state index in [1.807, 2.05) is 20.2 Å². The molecular weight excluding hydrogens is 290 g/mol. The lowest BCUT2D eigenvalue weighted by Crippen LogP contribution is -2.15. The summed E-state index contributed by atoms with van der Waals surface area (Å²) in [6.07, 6.45) is 0. The predicted octanol–water partition coefficient (Wildman–Crippen LogP) is 2.80. The van der Waals surface area contributed by atoms with Gasteiger partial charge in [0.1, 0.15) is 0 Å². The number of hydrogen-bond acceptors (Lipinski definition) is 3. The number of rotatable bonds is 5. The molecule has 16 heavy (non-hydrogen) atoms. The Kier molecular flexibility index (Phi) is 5.31. The minimum absolute atomic E-state index is 0.368. The second-order valence-corrected chi connectivity index (χ2v) is 5.65. The van der Waals surface area contributed by atoms with Gasteiger partial charge < -0.3 is 10.0 Å². The van der Waals surface area contributed by atoms with Gasteiger partial charge in [-0.25, -0.2) is 4.79 Å². The highest BCUT2D eigenvalue weighted by Crippen LogP contribution is 2.26. The summed E-state index contributed by atoms with van der Waals surface area (Å²) in [5.41, 5.74) is 0.368. The maximum Gasteiger partial charge on any atom is 0.336 e. The van der Waals surface area contributed by atoms with E-state index in [4.69, 9.17) is 5.11 Å². The molecule has 0 aliphatic heterocycles. The first kappa shape index (κ1) is 13.5. The molecule has 0 unspecified atom stereocenters. The molecule has 0 atom stereocenters. The molecule has 0 saturated carbocycles. The van der Waals surface area contributed by atoms with Crippen LogP contribution in [0, 0.1) is 0 Å². The second-order valence-electron chi connectivity index (χ2n) is 3.60. The lowest BCUT2D eigenvalue weighted by atomic mass is 10.2. The summed E-state index contributed by atoms with van der Waals surface area (Å²) < 4.78 is 0.907.